The van der Waals surface area contributed by atoms with E-state index in [-0.39, 0.29) is 65.0 Å². The second-order valence-electron chi connectivity index (χ2n) is 11.9. The Hall–Kier alpha value is -3.12. The fourth-order valence-electron chi connectivity index (χ4n) is 5.26. The minimum atomic E-state index is -3.97. The molecule has 9 nitrogen and oxygen atoms in total. The Kier molecular flexibility index (Phi) is 7.37. The number of nitrogens with zero attached hydrogens (tertiary/aromatic N) is 2. The summed E-state index contributed by atoms with van der Waals surface area (Å²) in [6, 6.07) is 9.04. The molecule has 1 aliphatic heterocycles. The van der Waals surface area contributed by atoms with Crippen LogP contribution in [0, 0.1) is 18.2 Å². The molecule has 2 aliphatic rings. The molecule has 4 N–H and O–H groups in total. The van der Waals surface area contributed by atoms with Gasteiger partial charge in [0.1, 0.15) is 10.7 Å². The van der Waals surface area contributed by atoms with Crippen molar-refractivity contribution in [2.45, 2.75) is 63.1 Å². The van der Waals surface area contributed by atoms with E-state index in [0.29, 0.717) is 30.3 Å². The van der Waals surface area contributed by atoms with Crippen molar-refractivity contribution in [3.63, 3.8) is 0 Å². The van der Waals surface area contributed by atoms with E-state index < -0.39 is 21.3 Å². The zero-order valence-electron chi connectivity index (χ0n) is 22.9. The van der Waals surface area contributed by atoms with E-state index in [1.807, 2.05) is 0 Å². The van der Waals surface area contributed by atoms with E-state index >= 15 is 0 Å². The third kappa shape index (κ3) is 5.43. The number of hydrogen-bond donors (Lipinski definition) is 3. The molecular weight excluding hydrogens is 535 g/mol. The predicted molar refractivity (Wildman–Crippen MR) is 150 cm³/mol. The van der Waals surface area contributed by atoms with Crippen LogP contribution in [0.1, 0.15) is 54.1 Å². The van der Waals surface area contributed by atoms with Gasteiger partial charge < -0.3 is 20.7 Å². The smallest absolute Gasteiger partial charge is 0.258 e. The van der Waals surface area contributed by atoms with Gasteiger partial charge in [0.2, 0.25) is 10.0 Å². The topological polar surface area (TPSA) is 135 Å². The van der Waals surface area contributed by atoms with Crippen LogP contribution >= 0.6 is 0 Å². The van der Waals surface area contributed by atoms with E-state index in [1.165, 1.54) is 21.1 Å². The highest BCUT2D eigenvalue weighted by Crippen LogP contribution is 2.42. The zero-order chi connectivity index (χ0) is 29.0. The lowest BCUT2D eigenvalue weighted by atomic mass is 9.94. The highest BCUT2D eigenvalue weighted by atomic mass is 32.2. The number of aliphatic hydroxyl groups is 1. The third-order valence-electron chi connectivity index (χ3n) is 7.87. The normalized spacial score (nSPS) is 21.6. The number of benzene rings is 2. The number of aliphatic hydroxyl groups excluding tert-OH is 1. The molecule has 1 saturated heterocycles. The first-order chi connectivity index (χ1) is 18.8. The monoisotopic (exact) mass is 570 g/mol. The van der Waals surface area contributed by atoms with Crippen LogP contribution in [0.15, 0.2) is 52.3 Å². The van der Waals surface area contributed by atoms with Gasteiger partial charge in [-0.2, -0.15) is 4.31 Å². The Morgan fingerprint density at radius 3 is 2.60 bits per heavy atom. The van der Waals surface area contributed by atoms with Crippen molar-refractivity contribution in [2.24, 2.45) is 11.1 Å². The number of nitrogens with two attached hydrogens (primary N) is 1. The van der Waals surface area contributed by atoms with E-state index in [9.17, 15) is 27.5 Å². The minimum Gasteiger partial charge on any atom is -0.396 e. The maximum Gasteiger partial charge on any atom is 0.258 e. The highest BCUT2D eigenvalue weighted by molar-refractivity contribution is 7.89. The first kappa shape index (κ1) is 28.4. The number of nitrogens with one attached hydrogen (secondary N) is 1. The molecule has 0 radical (unpaired) electrons. The summed E-state index contributed by atoms with van der Waals surface area (Å²) in [4.78, 5) is 26.2. The largest absolute Gasteiger partial charge is 0.396 e. The quantitative estimate of drug-likeness (QED) is 0.381. The first-order valence-corrected chi connectivity index (χ1v) is 14.9. The van der Waals surface area contributed by atoms with E-state index in [0.717, 1.165) is 5.56 Å². The van der Waals surface area contributed by atoms with Gasteiger partial charge in [0.25, 0.3) is 11.5 Å². The van der Waals surface area contributed by atoms with Gasteiger partial charge in [-0.3, -0.25) is 9.59 Å². The van der Waals surface area contributed by atoms with E-state index in [4.69, 9.17) is 5.73 Å². The molecule has 1 amide bonds. The number of halogens is 1. The summed E-state index contributed by atoms with van der Waals surface area (Å²) in [6.45, 7) is 5.67. The molecule has 2 heterocycles. The lowest BCUT2D eigenvalue weighted by Gasteiger charge is -2.24. The standard InChI is InChI=1S/C29H35FN4O5S/c1-17-4-5-19(11-24(17)30)27(36)32-25-12-22(25)18-6-7-21-23(10-18)26(40(38,39)34-9-8-20(31)13-34)14-33(28(21)37)15-29(2,3)16-35/h4-7,10-11,14,20,22,25,35H,8-9,12-13,15-16,31H2,1-3H3,(H,32,36)/t20-,22?,25?/m0/s1. The summed E-state index contributed by atoms with van der Waals surface area (Å²) < 4.78 is 44.3. The summed E-state index contributed by atoms with van der Waals surface area (Å²) in [6.07, 6.45) is 2.56. The summed E-state index contributed by atoms with van der Waals surface area (Å²) in [5.74, 6) is -0.902. The van der Waals surface area contributed by atoms with Crippen LogP contribution in [0.4, 0.5) is 4.39 Å². The number of aryl methyl sites for hydroxylation is 1. The predicted octanol–water partition coefficient (Wildman–Crippen LogP) is 2.48. The molecule has 1 saturated carbocycles. The number of sulfonamides is 1. The van der Waals surface area contributed by atoms with Gasteiger partial charge in [0.05, 0.1) is 0 Å². The molecule has 0 bridgehead atoms. The molecule has 2 fully saturated rings. The third-order valence-corrected chi connectivity index (χ3v) is 9.77. The Morgan fingerprint density at radius 2 is 1.95 bits per heavy atom. The van der Waals surface area contributed by atoms with Crippen LogP contribution < -0.4 is 16.6 Å². The average Bonchev–Trinajstić information content (AvgIpc) is 3.53. The number of aromatic nitrogens is 1. The second-order valence-corrected chi connectivity index (χ2v) is 13.8. The van der Waals surface area contributed by atoms with Gasteiger partial charge in [-0.1, -0.05) is 26.0 Å². The van der Waals surface area contributed by atoms with Gasteiger partial charge in [0.15, 0.2) is 0 Å². The molecule has 0 spiro atoms. The molecule has 5 rings (SSSR count). The van der Waals surface area contributed by atoms with Crippen LogP contribution in [0.5, 0.6) is 0 Å². The van der Waals surface area contributed by atoms with Gasteiger partial charge in [-0.25, -0.2) is 12.8 Å². The lowest BCUT2D eigenvalue weighted by Crippen LogP contribution is -2.35. The van der Waals surface area contributed by atoms with Gasteiger partial charge in [0, 0.05) is 72.2 Å². The molecule has 2 aromatic carbocycles. The van der Waals surface area contributed by atoms with Crippen molar-refractivity contribution in [1.82, 2.24) is 14.2 Å². The van der Waals surface area contributed by atoms with Crippen LogP contribution in [0.25, 0.3) is 10.8 Å². The van der Waals surface area contributed by atoms with Crippen molar-refractivity contribution in [3.05, 3.63) is 75.5 Å². The van der Waals surface area contributed by atoms with Crippen molar-refractivity contribution in [2.75, 3.05) is 19.7 Å². The van der Waals surface area contributed by atoms with E-state index in [1.54, 1.807) is 51.1 Å². The Labute approximate surface area is 232 Å². The van der Waals surface area contributed by atoms with Crippen molar-refractivity contribution >= 4 is 26.7 Å². The van der Waals surface area contributed by atoms with Gasteiger partial charge >= 0.3 is 0 Å². The molecule has 1 aromatic heterocycles. The van der Waals surface area contributed by atoms with Gasteiger partial charge in [-0.05, 0) is 55.2 Å². The number of pyridine rings is 1. The average molecular weight is 571 g/mol. The molecule has 3 aromatic rings. The molecule has 11 heteroatoms. The summed E-state index contributed by atoms with van der Waals surface area (Å²) >= 11 is 0. The fraction of sp³-hybridized carbons (Fsp3) is 0.448. The molecule has 1 aliphatic carbocycles. The SMILES string of the molecule is Cc1ccc(C(=O)NC2CC2c2ccc3c(=O)n(CC(C)(C)CO)cc(S(=O)(=O)N4CC[C@H](N)C4)c3c2)cc1F. The number of fused-ring (bicyclic) bond motifs is 1. The van der Waals surface area contributed by atoms with Gasteiger partial charge in [-0.15, -0.1) is 0 Å². The summed E-state index contributed by atoms with van der Waals surface area (Å²) in [7, 11) is -3.97. The zero-order valence-corrected chi connectivity index (χ0v) is 23.7. The number of carbonyl (C=O) groups excluding carboxylic acids is 1. The summed E-state index contributed by atoms with van der Waals surface area (Å²) in [5.41, 5.74) is 6.51. The van der Waals surface area contributed by atoms with Crippen LogP contribution in [0.2, 0.25) is 0 Å². The number of rotatable bonds is 8. The lowest BCUT2D eigenvalue weighted by molar-refractivity contribution is 0.0950. The summed E-state index contributed by atoms with van der Waals surface area (Å²) in [5, 5.41) is 13.3. The van der Waals surface area contributed by atoms with Crippen molar-refractivity contribution < 1.29 is 22.7 Å². The molecule has 214 valence electrons. The first-order valence-electron chi connectivity index (χ1n) is 13.4. The molecule has 3 atom stereocenters. The fourth-order valence-corrected chi connectivity index (χ4v) is 6.98. The van der Waals surface area contributed by atoms with E-state index in [2.05, 4.69) is 5.32 Å². The molecular formula is C29H35FN4O5S. The maximum absolute atomic E-state index is 13.9. The highest BCUT2D eigenvalue weighted by Gasteiger charge is 2.40. The maximum atomic E-state index is 13.9. The van der Waals surface area contributed by atoms with Crippen molar-refractivity contribution in [3.8, 4) is 0 Å². The molecule has 2 unspecified atom stereocenters. The van der Waals surface area contributed by atoms with Crippen LogP contribution in [-0.4, -0.2) is 60.1 Å². The number of hydrogen-bond acceptors (Lipinski definition) is 6. The Balaban J connectivity index is 1.50. The van der Waals surface area contributed by atoms with Crippen molar-refractivity contribution in [1.29, 1.82) is 0 Å². The second kappa shape index (κ2) is 10.4. The number of carbonyl (C=O) groups is 1. The van der Waals surface area contributed by atoms with Crippen LogP contribution in [-0.2, 0) is 16.6 Å². The molecule has 40 heavy (non-hydrogen) atoms. The Bertz CT molecular complexity index is 1650. The van der Waals surface area contributed by atoms with Crippen LogP contribution in [0.3, 0.4) is 0 Å². The Morgan fingerprint density at radius 1 is 1.20 bits per heavy atom. The number of amides is 1. The minimum absolute atomic E-state index is 0.0168.